The maximum Gasteiger partial charge on any atom is 0.433 e. The van der Waals surface area contributed by atoms with Crippen molar-refractivity contribution >= 4 is 35.1 Å². The first kappa shape index (κ1) is 32.1. The fourth-order valence-corrected chi connectivity index (χ4v) is 8.11. The molecule has 1 aromatic heterocycles. The van der Waals surface area contributed by atoms with Gasteiger partial charge in [-0.1, -0.05) is 43.1 Å². The Labute approximate surface area is 259 Å². The molecule has 0 bridgehead atoms. The van der Waals surface area contributed by atoms with Gasteiger partial charge in [-0.25, -0.2) is 0 Å². The Balaban J connectivity index is 1.45. The fraction of sp³-hybridized carbons (Fsp3) is 0.645. The molecular formula is C31H38Cl2F3N3O4. The van der Waals surface area contributed by atoms with Gasteiger partial charge in [0.1, 0.15) is 0 Å². The van der Waals surface area contributed by atoms with Crippen molar-refractivity contribution < 1.29 is 32.6 Å². The summed E-state index contributed by atoms with van der Waals surface area (Å²) in [5.41, 5.74) is -2.09. The second-order valence-electron chi connectivity index (χ2n) is 13.1. The second kappa shape index (κ2) is 11.6. The molecule has 0 saturated heterocycles. The van der Waals surface area contributed by atoms with Crippen molar-refractivity contribution in [2.75, 3.05) is 13.2 Å². The molecule has 3 saturated carbocycles. The molecule has 1 aromatic carbocycles. The maximum atomic E-state index is 14.7. The van der Waals surface area contributed by atoms with Gasteiger partial charge in [0, 0.05) is 21.7 Å². The third kappa shape index (κ3) is 5.91. The standard InChI is InChI=1S/C31H38Cl2F3N3O4/c1-5-43-28(42)30(4)11-9-17(10-12-30)39-26(31(34,35)36)19(15-37-39)27(41)38(18-13-20-21(14-18)29(20,2)3)16-24(40)25-22(32)7-6-8-23(25)33/h6-8,15,17-18,20-21,24,40H,5,9-14,16H2,1-4H3/t17-,18-,20+,21-,24?,30-. The van der Waals surface area contributed by atoms with Crippen LogP contribution in [0.25, 0.3) is 0 Å². The number of hydrogen-bond acceptors (Lipinski definition) is 5. The lowest BCUT2D eigenvalue weighted by Crippen LogP contribution is -2.43. The summed E-state index contributed by atoms with van der Waals surface area (Å²) in [4.78, 5) is 27.9. The topological polar surface area (TPSA) is 84.7 Å². The van der Waals surface area contributed by atoms with Crippen molar-refractivity contribution in [2.24, 2.45) is 22.7 Å². The molecule has 1 unspecified atom stereocenters. The lowest BCUT2D eigenvalue weighted by molar-refractivity contribution is -0.157. The van der Waals surface area contributed by atoms with Crippen LogP contribution >= 0.6 is 23.2 Å². The molecule has 12 heteroatoms. The highest BCUT2D eigenvalue weighted by atomic mass is 35.5. The number of aliphatic hydroxyl groups excluding tert-OH is 1. The summed E-state index contributed by atoms with van der Waals surface area (Å²) in [5.74, 6) is -0.479. The lowest BCUT2D eigenvalue weighted by atomic mass is 9.74. The van der Waals surface area contributed by atoms with Gasteiger partial charge in [0.15, 0.2) is 5.69 Å². The monoisotopic (exact) mass is 643 g/mol. The number of fused-ring (bicyclic) bond motifs is 1. The highest BCUT2D eigenvalue weighted by Gasteiger charge is 2.63. The Bertz CT molecular complexity index is 1350. The average Bonchev–Trinajstić information content (AvgIpc) is 3.36. The van der Waals surface area contributed by atoms with Crippen LogP contribution in [0.2, 0.25) is 10.0 Å². The second-order valence-corrected chi connectivity index (χ2v) is 13.9. The molecule has 0 spiro atoms. The van der Waals surface area contributed by atoms with Crippen LogP contribution in [0, 0.1) is 22.7 Å². The normalized spacial score (nSPS) is 28.7. The molecule has 3 aliphatic carbocycles. The SMILES string of the molecule is CCOC(=O)[C@]1(C)CC[C@@H](n2ncc(C(=O)N(CC(O)c3c(Cl)cccc3Cl)[C@H]3C[C@@H]4[C@H](C3)C4(C)C)c2C(F)(F)F)CC1. The number of amides is 1. The molecule has 2 aromatic rings. The highest BCUT2D eigenvalue weighted by molar-refractivity contribution is 6.36. The molecule has 236 valence electrons. The van der Waals surface area contributed by atoms with Crippen LogP contribution in [0.4, 0.5) is 13.2 Å². The van der Waals surface area contributed by atoms with E-state index in [4.69, 9.17) is 27.9 Å². The summed E-state index contributed by atoms with van der Waals surface area (Å²) in [5, 5.41) is 15.7. The van der Waals surface area contributed by atoms with Crippen LogP contribution in [0.15, 0.2) is 24.4 Å². The van der Waals surface area contributed by atoms with E-state index in [1.807, 2.05) is 0 Å². The van der Waals surface area contributed by atoms with Gasteiger partial charge in [-0.05, 0) is 81.8 Å². The maximum absolute atomic E-state index is 14.7. The summed E-state index contributed by atoms with van der Waals surface area (Å²) < 4.78 is 50.2. The van der Waals surface area contributed by atoms with E-state index in [0.29, 0.717) is 37.5 Å². The predicted molar refractivity (Wildman–Crippen MR) is 156 cm³/mol. The summed E-state index contributed by atoms with van der Waals surface area (Å²) in [7, 11) is 0. The Morgan fingerprint density at radius 1 is 1.14 bits per heavy atom. The van der Waals surface area contributed by atoms with Gasteiger partial charge in [0.25, 0.3) is 5.91 Å². The van der Waals surface area contributed by atoms with E-state index in [-0.39, 0.29) is 59.0 Å². The third-order valence-electron chi connectivity index (χ3n) is 10.2. The highest BCUT2D eigenvalue weighted by Crippen LogP contribution is 2.67. The molecule has 43 heavy (non-hydrogen) atoms. The molecule has 3 aliphatic rings. The zero-order valence-electron chi connectivity index (χ0n) is 24.8. The zero-order valence-corrected chi connectivity index (χ0v) is 26.3. The molecular weight excluding hydrogens is 606 g/mol. The van der Waals surface area contributed by atoms with Gasteiger partial charge in [-0.3, -0.25) is 14.3 Å². The van der Waals surface area contributed by atoms with E-state index in [0.717, 1.165) is 10.9 Å². The number of aromatic nitrogens is 2. The number of rotatable bonds is 8. The summed E-state index contributed by atoms with van der Waals surface area (Å²) in [6, 6.07) is 3.77. The smallest absolute Gasteiger partial charge is 0.433 e. The van der Waals surface area contributed by atoms with Crippen LogP contribution in [-0.4, -0.2) is 50.9 Å². The number of aliphatic hydroxyl groups is 1. The summed E-state index contributed by atoms with van der Waals surface area (Å²) in [6.45, 7) is 7.76. The molecule has 1 amide bonds. The molecule has 4 atom stereocenters. The molecule has 1 heterocycles. The minimum absolute atomic E-state index is 0.122. The molecule has 0 aliphatic heterocycles. The molecule has 7 nitrogen and oxygen atoms in total. The number of carbonyl (C=O) groups is 2. The van der Waals surface area contributed by atoms with E-state index in [2.05, 4.69) is 18.9 Å². The van der Waals surface area contributed by atoms with Crippen molar-refractivity contribution in [1.29, 1.82) is 0 Å². The Kier molecular flexibility index (Phi) is 8.64. The van der Waals surface area contributed by atoms with Crippen LogP contribution in [0.3, 0.4) is 0 Å². The number of nitrogens with zero attached hydrogens (tertiary/aromatic N) is 3. The zero-order chi connectivity index (χ0) is 31.5. The number of ether oxygens (including phenoxy) is 1. The number of halogens is 5. The van der Waals surface area contributed by atoms with Gasteiger partial charge < -0.3 is 14.7 Å². The Hall–Kier alpha value is -2.30. The first-order valence-electron chi connectivity index (χ1n) is 14.8. The minimum atomic E-state index is -4.86. The quantitative estimate of drug-likeness (QED) is 0.301. The van der Waals surface area contributed by atoms with Gasteiger partial charge in [-0.2, -0.15) is 18.3 Å². The van der Waals surface area contributed by atoms with E-state index in [1.54, 1.807) is 32.0 Å². The first-order valence-corrected chi connectivity index (χ1v) is 15.6. The summed E-state index contributed by atoms with van der Waals surface area (Å²) >= 11 is 12.6. The molecule has 1 N–H and O–H groups in total. The van der Waals surface area contributed by atoms with Crippen LogP contribution in [-0.2, 0) is 15.7 Å². The minimum Gasteiger partial charge on any atom is -0.466 e. The van der Waals surface area contributed by atoms with E-state index >= 15 is 0 Å². The Morgan fingerprint density at radius 3 is 2.26 bits per heavy atom. The van der Waals surface area contributed by atoms with E-state index < -0.39 is 40.9 Å². The largest absolute Gasteiger partial charge is 0.466 e. The van der Waals surface area contributed by atoms with Crippen molar-refractivity contribution in [3.8, 4) is 0 Å². The molecule has 5 rings (SSSR count). The van der Waals surface area contributed by atoms with E-state index in [1.165, 1.54) is 4.90 Å². The number of carbonyl (C=O) groups excluding carboxylic acids is 2. The average molecular weight is 645 g/mol. The van der Waals surface area contributed by atoms with Crippen molar-refractivity contribution in [3.63, 3.8) is 0 Å². The van der Waals surface area contributed by atoms with E-state index in [9.17, 15) is 27.9 Å². The van der Waals surface area contributed by atoms with Gasteiger partial charge in [-0.15, -0.1) is 0 Å². The molecule has 3 fully saturated rings. The van der Waals surface area contributed by atoms with Crippen molar-refractivity contribution in [1.82, 2.24) is 14.7 Å². The first-order chi connectivity index (χ1) is 20.1. The number of benzene rings is 1. The van der Waals surface area contributed by atoms with Crippen molar-refractivity contribution in [2.45, 2.75) is 90.6 Å². The summed E-state index contributed by atoms with van der Waals surface area (Å²) in [6.07, 6.45) is -2.66. The van der Waals surface area contributed by atoms with Gasteiger partial charge in [0.05, 0.1) is 42.5 Å². The van der Waals surface area contributed by atoms with Gasteiger partial charge in [0.2, 0.25) is 0 Å². The third-order valence-corrected chi connectivity index (χ3v) is 10.9. The molecule has 0 radical (unpaired) electrons. The Morgan fingerprint density at radius 2 is 1.72 bits per heavy atom. The lowest BCUT2D eigenvalue weighted by Gasteiger charge is -2.36. The predicted octanol–water partition coefficient (Wildman–Crippen LogP) is 7.50. The van der Waals surface area contributed by atoms with Crippen LogP contribution in [0.5, 0.6) is 0 Å². The van der Waals surface area contributed by atoms with Gasteiger partial charge >= 0.3 is 12.1 Å². The van der Waals surface area contributed by atoms with Crippen LogP contribution < -0.4 is 0 Å². The van der Waals surface area contributed by atoms with Crippen LogP contribution in [0.1, 0.15) is 100.0 Å². The number of alkyl halides is 3. The van der Waals surface area contributed by atoms with Crippen molar-refractivity contribution in [3.05, 3.63) is 51.3 Å². The number of hydrogen-bond donors (Lipinski definition) is 1. The fourth-order valence-electron chi connectivity index (χ4n) is 7.46. The number of esters is 1.